The van der Waals surface area contributed by atoms with Crippen LogP contribution in [0.3, 0.4) is 0 Å². The number of hydrogen-bond acceptors (Lipinski definition) is 5. The summed E-state index contributed by atoms with van der Waals surface area (Å²) in [6.07, 6.45) is 5.64. The van der Waals surface area contributed by atoms with Crippen LogP contribution < -0.4 is 14.8 Å². The van der Waals surface area contributed by atoms with Gasteiger partial charge in [0.25, 0.3) is 10.0 Å². The first-order valence-corrected chi connectivity index (χ1v) is 15.2. The number of allylic oxidation sites excluding steroid dienone is 2. The topological polar surface area (TPSA) is 67.4 Å². The van der Waals surface area contributed by atoms with E-state index in [2.05, 4.69) is 46.5 Å². The molecule has 0 aromatic heterocycles. The van der Waals surface area contributed by atoms with Gasteiger partial charge >= 0.3 is 0 Å². The van der Waals surface area contributed by atoms with Crippen LogP contribution in [0.15, 0.2) is 77.7 Å². The Morgan fingerprint density at radius 2 is 1.72 bits per heavy atom. The predicted molar refractivity (Wildman–Crippen MR) is 148 cm³/mol. The van der Waals surface area contributed by atoms with Crippen LogP contribution in [0.1, 0.15) is 29.5 Å². The molecule has 6 rings (SSSR count). The summed E-state index contributed by atoms with van der Waals surface area (Å²) in [6.45, 7) is 0. The van der Waals surface area contributed by atoms with E-state index in [4.69, 9.17) is 27.9 Å². The Labute approximate surface area is 225 Å². The van der Waals surface area contributed by atoms with Gasteiger partial charge in [-0.25, -0.2) is 8.42 Å². The molecule has 2 aliphatic heterocycles. The molecule has 1 saturated heterocycles. The fourth-order valence-corrected chi connectivity index (χ4v) is 7.29. The average Bonchev–Trinajstić information content (AvgIpc) is 3.30. The summed E-state index contributed by atoms with van der Waals surface area (Å²) in [5.41, 5.74) is 3.46. The summed E-state index contributed by atoms with van der Waals surface area (Å²) in [4.78, 5) is 0.201. The first-order valence-electron chi connectivity index (χ1n) is 11.8. The van der Waals surface area contributed by atoms with Gasteiger partial charge in [0.15, 0.2) is 0 Å². The smallest absolute Gasteiger partial charge is 0.261 e. The third kappa shape index (κ3) is 4.70. The van der Waals surface area contributed by atoms with Crippen LogP contribution in [0.4, 0.5) is 11.4 Å². The molecule has 186 valence electrons. The van der Waals surface area contributed by atoms with Gasteiger partial charge < -0.3 is 10.1 Å². The lowest BCUT2D eigenvalue weighted by atomic mass is 9.77. The van der Waals surface area contributed by atoms with Gasteiger partial charge in [0.2, 0.25) is 0 Å². The quantitative estimate of drug-likeness (QED) is 0.315. The number of benzene rings is 3. The van der Waals surface area contributed by atoms with E-state index in [1.165, 1.54) is 17.7 Å². The second kappa shape index (κ2) is 9.53. The number of nitrogens with one attached hydrogen (secondary N) is 2. The van der Waals surface area contributed by atoms with Crippen molar-refractivity contribution in [2.75, 3.05) is 21.5 Å². The largest absolute Gasteiger partial charge is 0.489 e. The minimum absolute atomic E-state index is 0.125. The number of hydrogen-bond donors (Lipinski definition) is 2. The average molecular weight is 560 g/mol. The molecule has 0 amide bonds. The first-order chi connectivity index (χ1) is 17.4. The van der Waals surface area contributed by atoms with Gasteiger partial charge in [-0.15, -0.1) is 0 Å². The molecule has 1 fully saturated rings. The van der Waals surface area contributed by atoms with Crippen LogP contribution in [0.25, 0.3) is 0 Å². The van der Waals surface area contributed by atoms with Crippen molar-refractivity contribution in [2.24, 2.45) is 5.92 Å². The second-order valence-electron chi connectivity index (χ2n) is 9.33. The van der Waals surface area contributed by atoms with Crippen molar-refractivity contribution in [2.45, 2.75) is 29.4 Å². The number of anilines is 2. The highest BCUT2D eigenvalue weighted by Crippen LogP contribution is 2.50. The van der Waals surface area contributed by atoms with Gasteiger partial charge in [-0.1, -0.05) is 47.5 Å². The molecule has 3 aromatic rings. The molecule has 0 bridgehead atoms. The van der Waals surface area contributed by atoms with Crippen molar-refractivity contribution in [1.82, 2.24) is 0 Å². The molecule has 36 heavy (non-hydrogen) atoms. The fourth-order valence-electron chi connectivity index (χ4n) is 5.12. The molecule has 3 aromatic carbocycles. The number of halogens is 2. The van der Waals surface area contributed by atoms with E-state index in [9.17, 15) is 8.42 Å². The standard InChI is InChI=1S/C27H24Cl2N2O3S2/c28-17-10-18(29)12-19(11-17)31-36(32,33)22-8-9-26-25(13-22)23-2-1-3-24(23)27(30-26)16-4-6-20(7-5-16)34-21-14-35-15-21/h1-2,4-13,21,23-24,27,30-31H,3,14-15H2/t23-,24+,27+/m0/s1. The van der Waals surface area contributed by atoms with Crippen LogP contribution in [-0.2, 0) is 10.0 Å². The maximum Gasteiger partial charge on any atom is 0.261 e. The van der Waals surface area contributed by atoms with E-state index in [1.54, 1.807) is 18.2 Å². The summed E-state index contributed by atoms with van der Waals surface area (Å²) in [6, 6.07) is 18.4. The lowest BCUT2D eigenvalue weighted by Gasteiger charge is -2.38. The van der Waals surface area contributed by atoms with Crippen molar-refractivity contribution in [3.05, 3.63) is 94.0 Å². The Morgan fingerprint density at radius 1 is 0.972 bits per heavy atom. The molecule has 2 N–H and O–H groups in total. The van der Waals surface area contributed by atoms with Crippen LogP contribution >= 0.6 is 35.0 Å². The SMILES string of the molecule is O=S(=O)(Nc1cc(Cl)cc(Cl)c1)c1ccc2c(c1)[C@H]1C=CC[C@H]1[C@@H](c1ccc(OC3CSC3)cc1)N2. The highest BCUT2D eigenvalue weighted by atomic mass is 35.5. The molecular formula is C27H24Cl2N2O3S2. The molecule has 9 heteroatoms. The maximum atomic E-state index is 13.2. The Morgan fingerprint density at radius 3 is 2.42 bits per heavy atom. The molecule has 3 aliphatic rings. The van der Waals surface area contributed by atoms with Gasteiger partial charge in [-0.2, -0.15) is 11.8 Å². The monoisotopic (exact) mass is 558 g/mol. The second-order valence-corrected chi connectivity index (χ2v) is 13.0. The van der Waals surface area contributed by atoms with Gasteiger partial charge in [0.05, 0.1) is 16.6 Å². The molecule has 2 heterocycles. The number of rotatable bonds is 6. The van der Waals surface area contributed by atoms with Crippen LogP contribution in [0.2, 0.25) is 10.0 Å². The summed E-state index contributed by atoms with van der Waals surface area (Å²) in [5, 5.41) is 4.40. The van der Waals surface area contributed by atoms with E-state index in [0.717, 1.165) is 34.9 Å². The van der Waals surface area contributed by atoms with Crippen molar-refractivity contribution >= 4 is 56.4 Å². The molecule has 1 aliphatic carbocycles. The molecule has 0 radical (unpaired) electrons. The Hall–Kier alpha value is -2.32. The number of fused-ring (bicyclic) bond motifs is 3. The van der Waals surface area contributed by atoms with Crippen LogP contribution in [0, 0.1) is 5.92 Å². The normalized spacial score (nSPS) is 22.8. The fraction of sp³-hybridized carbons (Fsp3) is 0.259. The molecule has 0 saturated carbocycles. The third-order valence-electron chi connectivity index (χ3n) is 6.91. The highest BCUT2D eigenvalue weighted by Gasteiger charge is 2.38. The number of sulfonamides is 1. The third-order valence-corrected chi connectivity index (χ3v) is 9.94. The van der Waals surface area contributed by atoms with Gasteiger partial charge in [-0.05, 0) is 72.0 Å². The van der Waals surface area contributed by atoms with Crippen molar-refractivity contribution in [1.29, 1.82) is 0 Å². The summed E-state index contributed by atoms with van der Waals surface area (Å²) >= 11 is 14.0. The molecule has 0 unspecified atom stereocenters. The van der Waals surface area contributed by atoms with Gasteiger partial charge in [-0.3, -0.25) is 4.72 Å². The molecule has 5 nitrogen and oxygen atoms in total. The summed E-state index contributed by atoms with van der Waals surface area (Å²) in [5.74, 6) is 3.44. The zero-order chi connectivity index (χ0) is 24.9. The van der Waals surface area contributed by atoms with E-state index in [0.29, 0.717) is 27.8 Å². The Bertz CT molecular complexity index is 1420. The van der Waals surface area contributed by atoms with E-state index in [1.807, 2.05) is 17.8 Å². The zero-order valence-electron chi connectivity index (χ0n) is 19.2. The van der Waals surface area contributed by atoms with Crippen molar-refractivity contribution < 1.29 is 13.2 Å². The Kier molecular flexibility index (Phi) is 6.36. The molecule has 3 atom stereocenters. The van der Waals surface area contributed by atoms with E-state index >= 15 is 0 Å². The van der Waals surface area contributed by atoms with Crippen LogP contribution in [0.5, 0.6) is 5.75 Å². The summed E-state index contributed by atoms with van der Waals surface area (Å²) < 4.78 is 34.9. The predicted octanol–water partition coefficient (Wildman–Crippen LogP) is 7.11. The maximum absolute atomic E-state index is 13.2. The van der Waals surface area contributed by atoms with E-state index < -0.39 is 10.0 Å². The first kappa shape index (κ1) is 24.0. The van der Waals surface area contributed by atoms with Crippen molar-refractivity contribution in [3.8, 4) is 5.75 Å². The number of ether oxygens (including phenoxy) is 1. The lowest BCUT2D eigenvalue weighted by molar-refractivity contribution is 0.240. The van der Waals surface area contributed by atoms with E-state index in [-0.39, 0.29) is 16.9 Å². The van der Waals surface area contributed by atoms with Crippen LogP contribution in [-0.4, -0.2) is 26.0 Å². The summed E-state index contributed by atoms with van der Waals surface area (Å²) in [7, 11) is -3.82. The highest BCUT2D eigenvalue weighted by molar-refractivity contribution is 8.00. The van der Waals surface area contributed by atoms with Crippen molar-refractivity contribution in [3.63, 3.8) is 0 Å². The number of thioether (sulfide) groups is 1. The molecule has 0 spiro atoms. The minimum Gasteiger partial charge on any atom is -0.489 e. The minimum atomic E-state index is -3.82. The zero-order valence-corrected chi connectivity index (χ0v) is 22.3. The van der Waals surface area contributed by atoms with Gasteiger partial charge in [0, 0.05) is 33.2 Å². The Balaban J connectivity index is 1.26. The molecular weight excluding hydrogens is 535 g/mol. The van der Waals surface area contributed by atoms with Gasteiger partial charge in [0.1, 0.15) is 11.9 Å². The lowest BCUT2D eigenvalue weighted by Crippen LogP contribution is -2.31.